The highest BCUT2D eigenvalue weighted by Gasteiger charge is 2.36. The van der Waals surface area contributed by atoms with Gasteiger partial charge in [-0.3, -0.25) is 9.59 Å². The second kappa shape index (κ2) is 31.7. The quantitative estimate of drug-likeness (QED) is 0.0216. The van der Waals surface area contributed by atoms with Crippen molar-refractivity contribution in [2.45, 2.75) is 45.2 Å². The minimum absolute atomic E-state index is 0.0474. The molecule has 0 bridgehead atoms. The van der Waals surface area contributed by atoms with Gasteiger partial charge in [-0.2, -0.15) is 0 Å². The number of ether oxygens (including phenoxy) is 13. The van der Waals surface area contributed by atoms with Crippen LogP contribution in [0.2, 0.25) is 0 Å². The molecular formula is C46H61NO18S. The van der Waals surface area contributed by atoms with Gasteiger partial charge in [-0.05, 0) is 51.1 Å². The predicted octanol–water partition coefficient (Wildman–Crippen LogP) is 4.02. The van der Waals surface area contributed by atoms with E-state index in [2.05, 4.69) is 25.1 Å². The fourth-order valence-corrected chi connectivity index (χ4v) is 6.52. The molecule has 1 aromatic heterocycles. The van der Waals surface area contributed by atoms with Gasteiger partial charge in [-0.25, -0.2) is 14.4 Å². The number of carbonyl (C=O) groups excluding carboxylic acids is 4. The van der Waals surface area contributed by atoms with Crippen LogP contribution in [0.1, 0.15) is 20.8 Å². The first-order valence-corrected chi connectivity index (χ1v) is 21.9. The monoisotopic (exact) mass is 947 g/mol. The highest BCUT2D eigenvalue weighted by Crippen LogP contribution is 2.27. The van der Waals surface area contributed by atoms with Crippen LogP contribution < -0.4 is 15.5 Å². The van der Waals surface area contributed by atoms with Crippen LogP contribution in [-0.2, 0) is 76.0 Å². The summed E-state index contributed by atoms with van der Waals surface area (Å²) in [4.78, 5) is 60.9. The number of amides is 1. The van der Waals surface area contributed by atoms with Crippen molar-refractivity contribution in [1.29, 1.82) is 0 Å². The van der Waals surface area contributed by atoms with Crippen molar-refractivity contribution < 1.29 is 80.8 Å². The second-order valence-corrected chi connectivity index (χ2v) is 15.0. The standard InChI is InChI=1S/C46H61NO18S/c1-7-42(49)59-25-19-53-16-22-56-33(4)63-30-46(31-64-34(5)57-23-17-54-20-26-60-43(50)8-2,32-65-35(6)58-24-18-55-21-27-61-44(51)9-3)47-41(48)29-62-36-14-15-40-38(28-36)45(52)37-12-10-11-13-39(37)66-40/h7-15,28,33-35H,1-3,16-27,29-32H2,4-6H3,(H,47,48). The van der Waals surface area contributed by atoms with Crippen molar-refractivity contribution in [3.05, 3.63) is 90.7 Å². The van der Waals surface area contributed by atoms with Gasteiger partial charge >= 0.3 is 17.9 Å². The Hall–Kier alpha value is -5.13. The fraction of sp³-hybridized carbons (Fsp3) is 0.500. The largest absolute Gasteiger partial charge is 0.484 e. The average Bonchev–Trinajstić information content (AvgIpc) is 3.32. The molecule has 20 heteroatoms. The van der Waals surface area contributed by atoms with Crippen molar-refractivity contribution in [3.63, 3.8) is 0 Å². The molecule has 66 heavy (non-hydrogen) atoms. The van der Waals surface area contributed by atoms with Crippen LogP contribution in [0.3, 0.4) is 0 Å². The maximum absolute atomic E-state index is 13.8. The van der Waals surface area contributed by atoms with Gasteiger partial charge in [-0.15, -0.1) is 11.3 Å². The lowest BCUT2D eigenvalue weighted by Crippen LogP contribution is -2.60. The Balaban J connectivity index is 1.72. The van der Waals surface area contributed by atoms with Crippen molar-refractivity contribution in [2.75, 3.05) is 106 Å². The summed E-state index contributed by atoms with van der Waals surface area (Å²) in [7, 11) is 0. The van der Waals surface area contributed by atoms with E-state index in [0.717, 1.165) is 27.6 Å². The van der Waals surface area contributed by atoms with Gasteiger partial charge in [0.2, 0.25) is 0 Å². The lowest BCUT2D eigenvalue weighted by molar-refractivity contribution is -0.202. The third kappa shape index (κ3) is 21.9. The van der Waals surface area contributed by atoms with Crippen molar-refractivity contribution in [2.24, 2.45) is 0 Å². The fourth-order valence-electron chi connectivity index (χ4n) is 5.47. The molecule has 3 aromatic rings. The zero-order valence-corrected chi connectivity index (χ0v) is 38.5. The molecule has 364 valence electrons. The van der Waals surface area contributed by atoms with Crippen LogP contribution in [0.15, 0.2) is 85.2 Å². The zero-order valence-electron chi connectivity index (χ0n) is 37.7. The Labute approximate surface area is 387 Å². The van der Waals surface area contributed by atoms with Gasteiger partial charge in [0.1, 0.15) is 31.1 Å². The highest BCUT2D eigenvalue weighted by atomic mass is 32.1. The number of nitrogens with one attached hydrogen (secondary N) is 1. The normalized spacial score (nSPS) is 13.5. The number of benzene rings is 2. The van der Waals surface area contributed by atoms with E-state index < -0.39 is 54.8 Å². The van der Waals surface area contributed by atoms with Crippen LogP contribution in [0.5, 0.6) is 5.75 Å². The number of hydrogen-bond acceptors (Lipinski definition) is 19. The molecule has 1 N–H and O–H groups in total. The van der Waals surface area contributed by atoms with Crippen LogP contribution in [0.4, 0.5) is 0 Å². The number of esters is 3. The maximum Gasteiger partial charge on any atom is 0.330 e. The molecule has 1 amide bonds. The number of rotatable bonds is 37. The van der Waals surface area contributed by atoms with Gasteiger partial charge in [0.15, 0.2) is 30.9 Å². The molecule has 0 saturated carbocycles. The summed E-state index contributed by atoms with van der Waals surface area (Å²) in [6.45, 7) is 15.4. The molecule has 3 rings (SSSR count). The van der Waals surface area contributed by atoms with Crippen LogP contribution in [-0.4, -0.2) is 154 Å². The van der Waals surface area contributed by atoms with Crippen molar-refractivity contribution in [1.82, 2.24) is 5.32 Å². The Kier molecular flexibility index (Phi) is 26.5. The molecule has 2 aromatic carbocycles. The predicted molar refractivity (Wildman–Crippen MR) is 242 cm³/mol. The number of hydrogen-bond donors (Lipinski definition) is 1. The van der Waals surface area contributed by atoms with E-state index in [1.807, 2.05) is 12.1 Å². The summed E-state index contributed by atoms with van der Waals surface area (Å²) >= 11 is 1.48. The first-order chi connectivity index (χ1) is 31.9. The molecule has 3 atom stereocenters. The van der Waals surface area contributed by atoms with E-state index in [-0.39, 0.29) is 105 Å². The lowest BCUT2D eigenvalue weighted by atomic mass is 10.0. The molecule has 0 radical (unpaired) electrons. The zero-order chi connectivity index (χ0) is 48.0. The molecule has 1 heterocycles. The SMILES string of the molecule is C=CC(=O)OCCOCCOC(C)OCC(COC(C)OCCOCCOC(=O)C=C)(COC(C)OCCOCCOC(=O)C=C)NC(=O)COc1ccc2sc3ccccc3c(=O)c2c1. The van der Waals surface area contributed by atoms with Gasteiger partial charge in [0.25, 0.3) is 5.91 Å². The number of fused-ring (bicyclic) bond motifs is 2. The molecule has 0 aliphatic rings. The summed E-state index contributed by atoms with van der Waals surface area (Å²) in [6, 6.07) is 12.4. The first-order valence-electron chi connectivity index (χ1n) is 21.1. The topological polar surface area (TPSA) is 217 Å². The molecule has 0 fully saturated rings. The summed E-state index contributed by atoms with van der Waals surface area (Å²) < 4.78 is 74.3. The third-order valence-electron chi connectivity index (χ3n) is 8.76. The Morgan fingerprint density at radius 3 is 1.45 bits per heavy atom. The van der Waals surface area contributed by atoms with E-state index in [0.29, 0.717) is 16.5 Å². The van der Waals surface area contributed by atoms with Crippen LogP contribution in [0.25, 0.3) is 20.2 Å². The minimum Gasteiger partial charge on any atom is -0.484 e. The van der Waals surface area contributed by atoms with E-state index in [1.165, 1.54) is 11.3 Å². The summed E-state index contributed by atoms with van der Waals surface area (Å²) in [5.41, 5.74) is -1.56. The molecule has 3 unspecified atom stereocenters. The van der Waals surface area contributed by atoms with E-state index >= 15 is 0 Å². The molecule has 0 spiro atoms. The summed E-state index contributed by atoms with van der Waals surface area (Å²) in [5, 5.41) is 4.01. The Bertz CT molecular complexity index is 1930. The summed E-state index contributed by atoms with van der Waals surface area (Å²) in [5.74, 6) is -1.94. The second-order valence-electron chi connectivity index (χ2n) is 13.9. The van der Waals surface area contributed by atoms with Gasteiger partial charge < -0.3 is 66.9 Å². The van der Waals surface area contributed by atoms with E-state index in [4.69, 9.17) is 61.6 Å². The molecule has 0 saturated heterocycles. The third-order valence-corrected chi connectivity index (χ3v) is 9.91. The Morgan fingerprint density at radius 2 is 1.00 bits per heavy atom. The first kappa shape index (κ1) is 55.2. The maximum atomic E-state index is 13.8. The molecule has 0 aliphatic carbocycles. The van der Waals surface area contributed by atoms with Crippen LogP contribution >= 0.6 is 11.3 Å². The lowest BCUT2D eigenvalue weighted by Gasteiger charge is -2.36. The van der Waals surface area contributed by atoms with E-state index in [1.54, 1.807) is 51.1 Å². The molecule has 19 nitrogen and oxygen atoms in total. The van der Waals surface area contributed by atoms with Crippen LogP contribution in [0, 0.1) is 0 Å². The smallest absolute Gasteiger partial charge is 0.330 e. The molecular weight excluding hydrogens is 887 g/mol. The average molecular weight is 948 g/mol. The summed E-state index contributed by atoms with van der Waals surface area (Å²) in [6.07, 6.45) is 0.730. The van der Waals surface area contributed by atoms with Crippen molar-refractivity contribution in [3.8, 4) is 5.75 Å². The van der Waals surface area contributed by atoms with Crippen molar-refractivity contribution >= 4 is 55.3 Å². The molecule has 0 aliphatic heterocycles. The van der Waals surface area contributed by atoms with E-state index in [9.17, 15) is 24.0 Å². The van der Waals surface area contributed by atoms with Gasteiger partial charge in [-0.1, -0.05) is 31.9 Å². The number of carbonyl (C=O) groups is 4. The van der Waals surface area contributed by atoms with Gasteiger partial charge in [0, 0.05) is 38.4 Å². The minimum atomic E-state index is -1.41. The van der Waals surface area contributed by atoms with Gasteiger partial charge in [0.05, 0.1) is 79.3 Å². The highest BCUT2D eigenvalue weighted by molar-refractivity contribution is 7.24. The Morgan fingerprint density at radius 1 is 0.576 bits per heavy atom.